The Balaban J connectivity index is 2.16. The Morgan fingerprint density at radius 1 is 1.10 bits per heavy atom. The number of amides is 1. The Morgan fingerprint density at radius 3 is 2.45 bits per heavy atom. The third kappa shape index (κ3) is 5.92. The third-order valence-corrected chi connectivity index (χ3v) is 4.58. The van der Waals surface area contributed by atoms with Crippen molar-refractivity contribution in [3.63, 3.8) is 0 Å². The first-order valence-corrected chi connectivity index (χ1v) is 9.82. The van der Waals surface area contributed by atoms with Crippen molar-refractivity contribution in [2.75, 3.05) is 24.3 Å². The summed E-state index contributed by atoms with van der Waals surface area (Å²) in [5.41, 5.74) is 0.309. The van der Waals surface area contributed by atoms with Crippen LogP contribution >= 0.6 is 11.8 Å². The van der Waals surface area contributed by atoms with Gasteiger partial charge in [0.15, 0.2) is 0 Å². The maximum atomic E-state index is 12.4. The molecule has 0 unspecified atom stereocenters. The van der Waals surface area contributed by atoms with E-state index in [9.17, 15) is 19.2 Å². The maximum Gasteiger partial charge on any atom is 0.346 e. The highest BCUT2D eigenvalue weighted by atomic mass is 32.2. The van der Waals surface area contributed by atoms with Crippen molar-refractivity contribution in [1.29, 1.82) is 0 Å². The highest BCUT2D eigenvalue weighted by molar-refractivity contribution is 8.00. The summed E-state index contributed by atoms with van der Waals surface area (Å²) in [7, 11) is 0. The number of benzene rings is 1. The Bertz CT molecular complexity index is 973. The molecular formula is C19H21N3O6S. The number of carbonyl (C=O) groups is 3. The number of thioether (sulfide) groups is 1. The van der Waals surface area contributed by atoms with Crippen LogP contribution in [0.25, 0.3) is 0 Å². The monoisotopic (exact) mass is 419 g/mol. The van der Waals surface area contributed by atoms with E-state index in [1.54, 1.807) is 45.0 Å². The lowest BCUT2D eigenvalue weighted by Gasteiger charge is -2.11. The smallest absolute Gasteiger partial charge is 0.346 e. The minimum Gasteiger partial charge on any atom is -0.462 e. The number of rotatable bonds is 8. The molecule has 9 nitrogen and oxygen atoms in total. The van der Waals surface area contributed by atoms with E-state index >= 15 is 0 Å². The first kappa shape index (κ1) is 22.2. The molecule has 0 aliphatic carbocycles. The number of nitrogens with zero attached hydrogens (tertiary/aromatic N) is 1. The van der Waals surface area contributed by atoms with Gasteiger partial charge in [-0.25, -0.2) is 14.4 Å². The molecule has 0 radical (unpaired) electrons. The van der Waals surface area contributed by atoms with Crippen molar-refractivity contribution in [1.82, 2.24) is 9.97 Å². The molecule has 0 fully saturated rings. The SMILES string of the molecule is CCOC(=O)c1ccccc1NC(=O)CSc1nc(=O)[nH]c(C)c1C(=O)OCC. The molecule has 0 aliphatic heterocycles. The number of anilines is 1. The third-order valence-electron chi connectivity index (χ3n) is 3.60. The van der Waals surface area contributed by atoms with E-state index in [-0.39, 0.29) is 35.1 Å². The lowest BCUT2D eigenvalue weighted by Crippen LogP contribution is -2.21. The standard InChI is InChI=1S/C19H21N3O6S/c1-4-27-17(24)12-8-6-7-9-13(12)21-14(23)10-29-16-15(18(25)28-5-2)11(3)20-19(26)22-16/h6-9H,4-5,10H2,1-3H3,(H,21,23)(H,20,22,26). The van der Waals surface area contributed by atoms with Gasteiger partial charge in [-0.3, -0.25) is 4.79 Å². The summed E-state index contributed by atoms with van der Waals surface area (Å²) in [6.45, 7) is 5.27. The van der Waals surface area contributed by atoms with E-state index in [0.29, 0.717) is 11.4 Å². The quantitative estimate of drug-likeness (QED) is 0.379. The predicted octanol–water partition coefficient (Wildman–Crippen LogP) is 2.16. The van der Waals surface area contributed by atoms with Crippen molar-refractivity contribution in [3.8, 4) is 0 Å². The maximum absolute atomic E-state index is 12.4. The van der Waals surface area contributed by atoms with Gasteiger partial charge in [-0.2, -0.15) is 4.98 Å². The van der Waals surface area contributed by atoms with Crippen molar-refractivity contribution >= 4 is 35.3 Å². The number of aromatic amines is 1. The van der Waals surface area contributed by atoms with E-state index < -0.39 is 23.5 Å². The van der Waals surface area contributed by atoms with Gasteiger partial charge in [0.25, 0.3) is 0 Å². The normalized spacial score (nSPS) is 10.3. The number of esters is 2. The Kier molecular flexibility index (Phi) is 7.96. The molecule has 0 aliphatic rings. The minimum absolute atomic E-state index is 0.0959. The number of para-hydroxylation sites is 1. The van der Waals surface area contributed by atoms with Crippen LogP contribution in [0.3, 0.4) is 0 Å². The van der Waals surface area contributed by atoms with Gasteiger partial charge in [-0.05, 0) is 32.9 Å². The minimum atomic E-state index is -0.635. The number of hydrogen-bond acceptors (Lipinski definition) is 8. The van der Waals surface area contributed by atoms with Crippen LogP contribution in [-0.4, -0.2) is 46.8 Å². The van der Waals surface area contributed by atoms with Crippen molar-refractivity contribution < 1.29 is 23.9 Å². The number of nitrogens with one attached hydrogen (secondary N) is 2. The van der Waals surface area contributed by atoms with Crippen molar-refractivity contribution in [3.05, 3.63) is 51.6 Å². The summed E-state index contributed by atoms with van der Waals surface area (Å²) in [5.74, 6) is -1.77. The molecule has 1 aromatic carbocycles. The summed E-state index contributed by atoms with van der Waals surface area (Å²) >= 11 is 0.921. The van der Waals surface area contributed by atoms with Gasteiger partial charge in [0.1, 0.15) is 10.6 Å². The second-order valence-electron chi connectivity index (χ2n) is 5.67. The molecule has 0 atom stereocenters. The molecule has 0 saturated heterocycles. The van der Waals surface area contributed by atoms with E-state index in [2.05, 4.69) is 15.3 Å². The molecule has 2 N–H and O–H groups in total. The zero-order valence-corrected chi connectivity index (χ0v) is 17.1. The second kappa shape index (κ2) is 10.4. The van der Waals surface area contributed by atoms with E-state index in [4.69, 9.17) is 9.47 Å². The molecule has 29 heavy (non-hydrogen) atoms. The molecule has 2 aromatic rings. The van der Waals surface area contributed by atoms with Crippen LogP contribution in [-0.2, 0) is 14.3 Å². The fourth-order valence-electron chi connectivity index (χ4n) is 2.41. The van der Waals surface area contributed by atoms with Gasteiger partial charge in [-0.1, -0.05) is 23.9 Å². The molecule has 154 valence electrons. The summed E-state index contributed by atoms with van der Waals surface area (Å²) in [5, 5.41) is 2.73. The largest absolute Gasteiger partial charge is 0.462 e. The van der Waals surface area contributed by atoms with Gasteiger partial charge in [0, 0.05) is 5.69 Å². The first-order chi connectivity index (χ1) is 13.9. The second-order valence-corrected chi connectivity index (χ2v) is 6.63. The Labute approximate surface area is 171 Å². The Hall–Kier alpha value is -3.14. The number of H-pyrrole nitrogens is 1. The van der Waals surface area contributed by atoms with Gasteiger partial charge >= 0.3 is 17.6 Å². The van der Waals surface area contributed by atoms with E-state index in [0.717, 1.165) is 11.8 Å². The van der Waals surface area contributed by atoms with Crippen LogP contribution in [0.5, 0.6) is 0 Å². The van der Waals surface area contributed by atoms with Crippen LogP contribution in [0.1, 0.15) is 40.3 Å². The van der Waals surface area contributed by atoms with Gasteiger partial charge < -0.3 is 19.8 Å². The van der Waals surface area contributed by atoms with Crippen molar-refractivity contribution in [2.45, 2.75) is 25.8 Å². The fourth-order valence-corrected chi connectivity index (χ4v) is 3.27. The molecular weight excluding hydrogens is 398 g/mol. The molecule has 1 heterocycles. The van der Waals surface area contributed by atoms with E-state index in [1.165, 1.54) is 0 Å². The number of aromatic nitrogens is 2. The lowest BCUT2D eigenvalue weighted by atomic mass is 10.2. The van der Waals surface area contributed by atoms with Gasteiger partial charge in [0.2, 0.25) is 5.91 Å². The highest BCUT2D eigenvalue weighted by Crippen LogP contribution is 2.23. The average molecular weight is 419 g/mol. The number of hydrogen-bond donors (Lipinski definition) is 2. The first-order valence-electron chi connectivity index (χ1n) is 8.84. The highest BCUT2D eigenvalue weighted by Gasteiger charge is 2.20. The summed E-state index contributed by atoms with van der Waals surface area (Å²) < 4.78 is 9.97. The van der Waals surface area contributed by atoms with Gasteiger partial charge in [0.05, 0.1) is 30.2 Å². The summed E-state index contributed by atoms with van der Waals surface area (Å²) in [4.78, 5) is 54.5. The molecule has 0 bridgehead atoms. The van der Waals surface area contributed by atoms with Crippen LogP contribution in [0.2, 0.25) is 0 Å². The number of aryl methyl sites for hydroxylation is 1. The van der Waals surface area contributed by atoms with Crippen molar-refractivity contribution in [2.24, 2.45) is 0 Å². The topological polar surface area (TPSA) is 127 Å². The lowest BCUT2D eigenvalue weighted by molar-refractivity contribution is -0.113. The molecule has 10 heteroatoms. The number of carbonyl (C=O) groups excluding carboxylic acids is 3. The van der Waals surface area contributed by atoms with Crippen LogP contribution in [0, 0.1) is 6.92 Å². The number of ether oxygens (including phenoxy) is 2. The van der Waals surface area contributed by atoms with Gasteiger partial charge in [-0.15, -0.1) is 0 Å². The molecule has 0 saturated carbocycles. The summed E-state index contributed by atoms with van der Waals surface area (Å²) in [6, 6.07) is 6.45. The van der Waals surface area contributed by atoms with Crippen LogP contribution < -0.4 is 11.0 Å². The zero-order chi connectivity index (χ0) is 21.4. The molecule has 1 amide bonds. The fraction of sp³-hybridized carbons (Fsp3) is 0.316. The van der Waals surface area contributed by atoms with Crippen LogP contribution in [0.15, 0.2) is 34.1 Å². The molecule has 2 rings (SSSR count). The van der Waals surface area contributed by atoms with E-state index in [1.807, 2.05) is 0 Å². The Morgan fingerprint density at radius 2 is 1.76 bits per heavy atom. The average Bonchev–Trinajstić information content (AvgIpc) is 2.66. The molecule has 0 spiro atoms. The molecule has 1 aromatic heterocycles. The predicted molar refractivity (Wildman–Crippen MR) is 107 cm³/mol. The summed E-state index contributed by atoms with van der Waals surface area (Å²) in [6.07, 6.45) is 0. The van der Waals surface area contributed by atoms with Crippen LogP contribution in [0.4, 0.5) is 5.69 Å². The zero-order valence-electron chi connectivity index (χ0n) is 16.2.